The molecule has 40 heavy (non-hydrogen) atoms. The second-order valence-corrected chi connectivity index (χ2v) is 11.7. The second-order valence-electron chi connectivity index (χ2n) is 11.3. The Labute approximate surface area is 237 Å². The van der Waals surface area contributed by atoms with Gasteiger partial charge >= 0.3 is 0 Å². The van der Waals surface area contributed by atoms with Crippen molar-refractivity contribution in [2.24, 2.45) is 5.92 Å². The van der Waals surface area contributed by atoms with Crippen molar-refractivity contribution >= 4 is 34.8 Å². The van der Waals surface area contributed by atoms with E-state index in [0.29, 0.717) is 28.6 Å². The summed E-state index contributed by atoms with van der Waals surface area (Å²) in [5.41, 5.74) is 4.16. The van der Waals surface area contributed by atoms with Crippen LogP contribution in [0.2, 0.25) is 5.02 Å². The van der Waals surface area contributed by atoms with Crippen molar-refractivity contribution in [1.82, 2.24) is 20.4 Å². The highest BCUT2D eigenvalue weighted by atomic mass is 35.5. The van der Waals surface area contributed by atoms with Gasteiger partial charge in [0.2, 0.25) is 6.41 Å². The summed E-state index contributed by atoms with van der Waals surface area (Å²) in [5, 5.41) is 12.5. The number of aromatic amines is 1. The number of ether oxygens (including phenoxy) is 1. The van der Waals surface area contributed by atoms with Crippen molar-refractivity contribution < 1.29 is 14.3 Å². The number of amides is 2. The first kappa shape index (κ1) is 25.1. The van der Waals surface area contributed by atoms with Crippen LogP contribution in [0, 0.1) is 5.92 Å². The lowest BCUT2D eigenvalue weighted by Crippen LogP contribution is -2.45. The van der Waals surface area contributed by atoms with Crippen molar-refractivity contribution in [3.8, 4) is 17.0 Å². The molecule has 3 unspecified atom stereocenters. The molecule has 4 aromatic rings. The topological polar surface area (TPSA) is 87.3 Å². The summed E-state index contributed by atoms with van der Waals surface area (Å²) in [6.07, 6.45) is 7.18. The van der Waals surface area contributed by atoms with Gasteiger partial charge in [-0.1, -0.05) is 29.8 Å². The fraction of sp³-hybridized carbons (Fsp3) is 0.344. The number of hydrogen-bond donors (Lipinski definition) is 2. The number of aromatic nitrogens is 2. The molecule has 204 valence electrons. The zero-order valence-corrected chi connectivity index (χ0v) is 22.8. The van der Waals surface area contributed by atoms with E-state index in [1.54, 1.807) is 0 Å². The van der Waals surface area contributed by atoms with Crippen molar-refractivity contribution in [1.29, 1.82) is 0 Å². The predicted molar refractivity (Wildman–Crippen MR) is 154 cm³/mol. The van der Waals surface area contributed by atoms with Gasteiger partial charge < -0.3 is 15.0 Å². The molecular formula is C32H31ClN4O3. The molecule has 2 bridgehead atoms. The molecule has 1 aromatic heterocycles. The Hall–Kier alpha value is -3.84. The van der Waals surface area contributed by atoms with Crippen molar-refractivity contribution in [2.75, 3.05) is 0 Å². The fourth-order valence-electron chi connectivity index (χ4n) is 6.52. The van der Waals surface area contributed by atoms with Crippen molar-refractivity contribution in [3.05, 3.63) is 82.9 Å². The molecular weight excluding hydrogens is 524 g/mol. The number of piperidine rings is 1. The fourth-order valence-corrected chi connectivity index (χ4v) is 6.78. The Balaban J connectivity index is 1.08. The normalized spacial score (nSPS) is 22.7. The summed E-state index contributed by atoms with van der Waals surface area (Å²) in [7, 11) is 0. The summed E-state index contributed by atoms with van der Waals surface area (Å²) in [4.78, 5) is 26.7. The third-order valence-electron chi connectivity index (χ3n) is 8.74. The number of H-pyrrole nitrogens is 1. The third kappa shape index (κ3) is 4.73. The van der Waals surface area contributed by atoms with E-state index in [9.17, 15) is 9.59 Å². The molecule has 2 saturated heterocycles. The number of fused-ring (bicyclic) bond motifs is 3. The van der Waals surface area contributed by atoms with E-state index in [2.05, 4.69) is 15.5 Å². The van der Waals surface area contributed by atoms with Crippen LogP contribution in [0.25, 0.3) is 22.2 Å². The van der Waals surface area contributed by atoms with E-state index in [1.807, 2.05) is 71.6 Å². The highest BCUT2D eigenvalue weighted by Crippen LogP contribution is 2.43. The lowest BCUT2D eigenvalue weighted by molar-refractivity contribution is -0.123. The minimum Gasteiger partial charge on any atom is -0.490 e. The molecule has 3 fully saturated rings. The Bertz CT molecular complexity index is 1550. The first-order valence-electron chi connectivity index (χ1n) is 14.1. The van der Waals surface area contributed by atoms with E-state index in [1.165, 1.54) is 0 Å². The van der Waals surface area contributed by atoms with Crippen LogP contribution in [0.5, 0.6) is 5.75 Å². The Morgan fingerprint density at radius 3 is 2.48 bits per heavy atom. The maximum atomic E-state index is 13.4. The average Bonchev–Trinajstić information content (AvgIpc) is 3.68. The number of nitrogens with one attached hydrogen (secondary N) is 2. The Morgan fingerprint density at radius 2 is 1.77 bits per heavy atom. The molecule has 8 heteroatoms. The number of carbonyl (C=O) groups excluding carboxylic acids is 2. The molecule has 3 atom stereocenters. The van der Waals surface area contributed by atoms with Gasteiger partial charge in [0.05, 0.1) is 17.3 Å². The van der Waals surface area contributed by atoms with Crippen LogP contribution in [0.4, 0.5) is 0 Å². The summed E-state index contributed by atoms with van der Waals surface area (Å²) < 4.78 is 6.31. The van der Waals surface area contributed by atoms with Crippen LogP contribution in [0.3, 0.4) is 0 Å². The standard InChI is InChI=1S/C32H31ClN4O3/c33-28-4-2-1-3-26(28)30(19-5-6-19)34-32(39)21-9-14-29-27(15-21)31(36-35-29)20-7-12-24(13-8-20)40-25-16-22-10-11-23(17-25)37(22)18-38/h1-4,7-9,12-15,18-19,22-23,25,30H,5-6,10-11,16-17H2,(H,34,39)(H,35,36). The SMILES string of the molecule is O=CN1C2CCC1CC(Oc1ccc(-c3n[nH]c4ccc(C(=O)NC(c5ccccc5Cl)C5CC5)cc34)cc1)C2. The average molecular weight is 555 g/mol. The van der Waals surface area contributed by atoms with Crippen LogP contribution in [0.15, 0.2) is 66.7 Å². The van der Waals surface area contributed by atoms with Crippen LogP contribution in [0.1, 0.15) is 60.5 Å². The van der Waals surface area contributed by atoms with Crippen LogP contribution < -0.4 is 10.1 Å². The number of benzene rings is 3. The summed E-state index contributed by atoms with van der Waals surface area (Å²) in [6, 6.07) is 21.8. The maximum Gasteiger partial charge on any atom is 0.251 e. The monoisotopic (exact) mass is 554 g/mol. The van der Waals surface area contributed by atoms with Gasteiger partial charge in [-0.15, -0.1) is 0 Å². The first-order chi connectivity index (χ1) is 19.6. The number of halogens is 1. The molecule has 7 rings (SSSR count). The summed E-state index contributed by atoms with van der Waals surface area (Å²) >= 11 is 6.48. The lowest BCUT2D eigenvalue weighted by Gasteiger charge is -2.36. The number of hydrogen-bond acceptors (Lipinski definition) is 4. The molecule has 0 spiro atoms. The molecule has 3 aliphatic rings. The highest BCUT2D eigenvalue weighted by molar-refractivity contribution is 6.31. The van der Waals surface area contributed by atoms with Gasteiger partial charge in [-0.2, -0.15) is 5.10 Å². The smallest absolute Gasteiger partial charge is 0.251 e. The van der Waals surface area contributed by atoms with E-state index >= 15 is 0 Å². The van der Waals surface area contributed by atoms with Crippen molar-refractivity contribution in [2.45, 2.75) is 62.8 Å². The van der Waals surface area contributed by atoms with Gasteiger partial charge in [0.1, 0.15) is 11.9 Å². The third-order valence-corrected chi connectivity index (χ3v) is 9.09. The molecule has 2 aliphatic heterocycles. The van der Waals surface area contributed by atoms with Gasteiger partial charge in [-0.05, 0) is 85.7 Å². The predicted octanol–water partition coefficient (Wildman–Crippen LogP) is 6.30. The molecule has 7 nitrogen and oxygen atoms in total. The van der Waals surface area contributed by atoms with Crippen LogP contribution in [-0.4, -0.2) is 45.6 Å². The first-order valence-corrected chi connectivity index (χ1v) is 14.5. The molecule has 3 aromatic carbocycles. The largest absolute Gasteiger partial charge is 0.490 e. The minimum absolute atomic E-state index is 0.103. The number of rotatable bonds is 8. The molecule has 1 saturated carbocycles. The Kier molecular flexibility index (Phi) is 6.47. The zero-order chi connectivity index (χ0) is 27.2. The van der Waals surface area contributed by atoms with Gasteiger partial charge in [-0.3, -0.25) is 14.7 Å². The van der Waals surface area contributed by atoms with E-state index < -0.39 is 0 Å². The number of carbonyl (C=O) groups is 2. The summed E-state index contributed by atoms with van der Waals surface area (Å²) in [5.74, 6) is 1.10. The van der Waals surface area contributed by atoms with Gasteiger partial charge in [0.25, 0.3) is 5.91 Å². The second kappa shape index (κ2) is 10.3. The molecule has 0 radical (unpaired) electrons. The zero-order valence-electron chi connectivity index (χ0n) is 22.1. The minimum atomic E-state index is -0.121. The van der Waals surface area contributed by atoms with Crippen molar-refractivity contribution in [3.63, 3.8) is 0 Å². The lowest BCUT2D eigenvalue weighted by atomic mass is 10.0. The van der Waals surface area contributed by atoms with E-state index in [-0.39, 0.29) is 18.1 Å². The molecule has 1 aliphatic carbocycles. The number of nitrogens with zero attached hydrogens (tertiary/aromatic N) is 2. The van der Waals surface area contributed by atoms with Gasteiger partial charge in [0, 0.05) is 46.5 Å². The van der Waals surface area contributed by atoms with E-state index in [0.717, 1.165) is 78.4 Å². The van der Waals surface area contributed by atoms with Gasteiger partial charge in [-0.25, -0.2) is 0 Å². The molecule has 2 N–H and O–H groups in total. The van der Waals surface area contributed by atoms with Gasteiger partial charge in [0.15, 0.2) is 0 Å². The Morgan fingerprint density at radius 1 is 1.02 bits per heavy atom. The molecule has 2 amide bonds. The maximum absolute atomic E-state index is 13.4. The highest BCUT2D eigenvalue weighted by Gasteiger charge is 2.41. The molecule has 3 heterocycles. The summed E-state index contributed by atoms with van der Waals surface area (Å²) in [6.45, 7) is 0. The van der Waals surface area contributed by atoms with E-state index in [4.69, 9.17) is 16.3 Å². The van der Waals surface area contributed by atoms with Crippen LogP contribution >= 0.6 is 11.6 Å². The quantitative estimate of drug-likeness (QED) is 0.250. The van der Waals surface area contributed by atoms with Crippen LogP contribution in [-0.2, 0) is 4.79 Å².